The number of hydrogen-bond acceptors (Lipinski definition) is 5. The molecule has 122 valence electrons. The van der Waals surface area contributed by atoms with E-state index in [9.17, 15) is 15.4 Å². The zero-order valence-corrected chi connectivity index (χ0v) is 13.2. The van der Waals surface area contributed by atoms with Gasteiger partial charge in [-0.3, -0.25) is 15.1 Å². The highest BCUT2D eigenvalue weighted by atomic mass is 16.6. The van der Waals surface area contributed by atoms with Crippen molar-refractivity contribution in [2.24, 2.45) is 0 Å². The Kier molecular flexibility index (Phi) is 4.67. The minimum atomic E-state index is -0.516. The lowest BCUT2D eigenvalue weighted by Gasteiger charge is -2.20. The predicted molar refractivity (Wildman–Crippen MR) is 94.0 cm³/mol. The van der Waals surface area contributed by atoms with Crippen LogP contribution in [0, 0.1) is 21.4 Å². The summed E-state index contributed by atoms with van der Waals surface area (Å²) in [5, 5.41) is 23.6. The van der Waals surface area contributed by atoms with Gasteiger partial charge in [0.05, 0.1) is 27.9 Å². The number of anilines is 1. The van der Waals surface area contributed by atoms with Gasteiger partial charge in [0.15, 0.2) is 0 Å². The van der Waals surface area contributed by atoms with Crippen LogP contribution in [0.15, 0.2) is 72.9 Å². The standard InChI is InChI=1S/C19H14N4O2/c20-13-15-12-16(23(24)25)9-10-17(15)22-19(14-6-2-1-3-7-14)18-8-4-5-11-21-18/h1-12,19,22H. The van der Waals surface area contributed by atoms with Gasteiger partial charge in [0.25, 0.3) is 5.69 Å². The molecule has 3 rings (SSSR count). The molecule has 1 aromatic heterocycles. The Morgan fingerprint density at radius 2 is 1.84 bits per heavy atom. The van der Waals surface area contributed by atoms with Crippen LogP contribution in [0.1, 0.15) is 22.9 Å². The van der Waals surface area contributed by atoms with Gasteiger partial charge in [0.2, 0.25) is 0 Å². The summed E-state index contributed by atoms with van der Waals surface area (Å²) in [6.45, 7) is 0. The summed E-state index contributed by atoms with van der Waals surface area (Å²) in [7, 11) is 0. The first-order valence-electron chi connectivity index (χ1n) is 7.60. The number of non-ortho nitro benzene ring substituents is 1. The molecule has 1 N–H and O–H groups in total. The molecule has 6 nitrogen and oxygen atoms in total. The summed E-state index contributed by atoms with van der Waals surface area (Å²) >= 11 is 0. The number of hydrogen-bond donors (Lipinski definition) is 1. The van der Waals surface area contributed by atoms with Gasteiger partial charge in [-0.2, -0.15) is 5.26 Å². The maximum Gasteiger partial charge on any atom is 0.270 e. The van der Waals surface area contributed by atoms with Crippen LogP contribution >= 0.6 is 0 Å². The van der Waals surface area contributed by atoms with Gasteiger partial charge < -0.3 is 5.32 Å². The Labute approximate surface area is 144 Å². The summed E-state index contributed by atoms with van der Waals surface area (Å²) in [5.74, 6) is 0. The Morgan fingerprint density at radius 3 is 2.48 bits per heavy atom. The van der Waals surface area contributed by atoms with Crippen LogP contribution in [0.2, 0.25) is 0 Å². The van der Waals surface area contributed by atoms with Crippen molar-refractivity contribution in [2.75, 3.05) is 5.32 Å². The predicted octanol–water partition coefficient (Wildman–Crippen LogP) is 4.06. The number of pyridine rings is 1. The van der Waals surface area contributed by atoms with Crippen molar-refractivity contribution in [3.63, 3.8) is 0 Å². The topological polar surface area (TPSA) is 91.8 Å². The van der Waals surface area contributed by atoms with E-state index in [0.29, 0.717) is 5.69 Å². The molecule has 1 heterocycles. The highest BCUT2D eigenvalue weighted by Gasteiger charge is 2.18. The summed E-state index contributed by atoms with van der Waals surface area (Å²) in [4.78, 5) is 14.8. The number of nitriles is 1. The lowest BCUT2D eigenvalue weighted by molar-refractivity contribution is -0.384. The number of nitrogens with zero attached hydrogens (tertiary/aromatic N) is 3. The third-order valence-electron chi connectivity index (χ3n) is 3.75. The third-order valence-corrected chi connectivity index (χ3v) is 3.75. The van der Waals surface area contributed by atoms with Crippen molar-refractivity contribution in [3.8, 4) is 6.07 Å². The largest absolute Gasteiger partial charge is 0.372 e. The molecule has 0 bridgehead atoms. The second kappa shape index (κ2) is 7.23. The highest BCUT2D eigenvalue weighted by molar-refractivity contribution is 5.63. The average Bonchev–Trinajstić information content (AvgIpc) is 2.67. The highest BCUT2D eigenvalue weighted by Crippen LogP contribution is 2.29. The fourth-order valence-electron chi connectivity index (χ4n) is 2.54. The third kappa shape index (κ3) is 3.62. The molecule has 0 radical (unpaired) electrons. The Morgan fingerprint density at radius 1 is 1.08 bits per heavy atom. The van der Waals surface area contributed by atoms with Crippen LogP contribution in [-0.4, -0.2) is 9.91 Å². The zero-order valence-electron chi connectivity index (χ0n) is 13.2. The second-order valence-corrected chi connectivity index (χ2v) is 5.34. The Balaban J connectivity index is 2.02. The number of nitrogens with one attached hydrogen (secondary N) is 1. The second-order valence-electron chi connectivity index (χ2n) is 5.34. The van der Waals surface area contributed by atoms with Gasteiger partial charge in [0.1, 0.15) is 6.07 Å². The maximum absolute atomic E-state index is 10.9. The molecule has 0 aliphatic heterocycles. The van der Waals surface area contributed by atoms with Gasteiger partial charge in [-0.15, -0.1) is 0 Å². The van der Waals surface area contributed by atoms with Crippen LogP contribution in [0.25, 0.3) is 0 Å². The van der Waals surface area contributed by atoms with Gasteiger partial charge in [-0.1, -0.05) is 36.4 Å². The molecular formula is C19H14N4O2. The molecule has 25 heavy (non-hydrogen) atoms. The summed E-state index contributed by atoms with van der Waals surface area (Å²) in [6, 6.07) is 21.2. The first kappa shape index (κ1) is 16.1. The quantitative estimate of drug-likeness (QED) is 0.562. The monoisotopic (exact) mass is 330 g/mol. The minimum absolute atomic E-state index is 0.115. The van der Waals surface area contributed by atoms with E-state index in [1.54, 1.807) is 12.3 Å². The van der Waals surface area contributed by atoms with E-state index in [2.05, 4.69) is 10.3 Å². The van der Waals surface area contributed by atoms with Crippen LogP contribution in [0.5, 0.6) is 0 Å². The molecule has 6 heteroatoms. The van der Waals surface area contributed by atoms with E-state index in [1.807, 2.05) is 54.6 Å². The van der Waals surface area contributed by atoms with Crippen LogP contribution in [0.3, 0.4) is 0 Å². The molecule has 3 aromatic rings. The molecule has 1 atom stereocenters. The van der Waals surface area contributed by atoms with Crippen LogP contribution in [0.4, 0.5) is 11.4 Å². The number of nitro benzene ring substituents is 1. The van der Waals surface area contributed by atoms with Crippen molar-refractivity contribution in [1.29, 1.82) is 5.26 Å². The molecule has 0 fully saturated rings. The van der Waals surface area contributed by atoms with E-state index in [1.165, 1.54) is 12.1 Å². The van der Waals surface area contributed by atoms with E-state index in [4.69, 9.17) is 0 Å². The number of nitro groups is 1. The van der Waals surface area contributed by atoms with E-state index < -0.39 is 4.92 Å². The van der Waals surface area contributed by atoms with Crippen molar-refractivity contribution < 1.29 is 4.92 Å². The normalized spacial score (nSPS) is 11.3. The van der Waals surface area contributed by atoms with E-state index in [-0.39, 0.29) is 17.3 Å². The molecule has 0 aliphatic rings. The molecule has 1 unspecified atom stereocenters. The Hall–Kier alpha value is -3.72. The maximum atomic E-state index is 10.9. The minimum Gasteiger partial charge on any atom is -0.372 e. The van der Waals surface area contributed by atoms with E-state index >= 15 is 0 Å². The lowest BCUT2D eigenvalue weighted by Crippen LogP contribution is -2.14. The first-order valence-corrected chi connectivity index (χ1v) is 7.60. The molecular weight excluding hydrogens is 316 g/mol. The van der Waals surface area contributed by atoms with Crippen molar-refractivity contribution in [1.82, 2.24) is 4.98 Å². The zero-order chi connectivity index (χ0) is 17.6. The average molecular weight is 330 g/mol. The summed E-state index contributed by atoms with van der Waals surface area (Å²) < 4.78 is 0. The number of aromatic nitrogens is 1. The molecule has 0 saturated heterocycles. The molecule has 0 saturated carbocycles. The first-order chi connectivity index (χ1) is 12.2. The van der Waals surface area contributed by atoms with Crippen molar-refractivity contribution in [2.45, 2.75) is 6.04 Å². The summed E-state index contributed by atoms with van der Waals surface area (Å²) in [6.07, 6.45) is 1.70. The van der Waals surface area contributed by atoms with Gasteiger partial charge in [0, 0.05) is 18.3 Å². The smallest absolute Gasteiger partial charge is 0.270 e. The lowest BCUT2D eigenvalue weighted by atomic mass is 10.0. The molecule has 0 spiro atoms. The van der Waals surface area contributed by atoms with Crippen LogP contribution < -0.4 is 5.32 Å². The molecule has 2 aromatic carbocycles. The Bertz CT molecular complexity index is 882. The summed E-state index contributed by atoms with van der Waals surface area (Å²) in [5.41, 5.74) is 2.38. The van der Waals surface area contributed by atoms with Gasteiger partial charge in [-0.25, -0.2) is 0 Å². The SMILES string of the molecule is N#Cc1cc([N+](=O)[O-])ccc1NC(c1ccccc1)c1ccccn1. The number of benzene rings is 2. The van der Waals surface area contributed by atoms with Crippen LogP contribution in [-0.2, 0) is 0 Å². The van der Waals surface area contributed by atoms with Crippen molar-refractivity contribution >= 4 is 11.4 Å². The molecule has 0 aliphatic carbocycles. The van der Waals surface area contributed by atoms with Gasteiger partial charge >= 0.3 is 0 Å². The molecule has 0 amide bonds. The van der Waals surface area contributed by atoms with E-state index in [0.717, 1.165) is 11.3 Å². The van der Waals surface area contributed by atoms with Crippen molar-refractivity contribution in [3.05, 3.63) is 99.9 Å². The fraction of sp³-hybridized carbons (Fsp3) is 0.0526. The fourth-order valence-corrected chi connectivity index (χ4v) is 2.54. The van der Waals surface area contributed by atoms with Gasteiger partial charge in [-0.05, 0) is 23.8 Å². The number of rotatable bonds is 5.